The molecule has 0 N–H and O–H groups in total. The molecule has 3 radical (unpaired) electrons. The Bertz CT molecular complexity index is 178. The molecular weight excluding hydrogens is 152 g/mol. The Balaban J connectivity index is 1.95. The van der Waals surface area contributed by atoms with Crippen LogP contribution in [-0.2, 0) is 4.43 Å². The Hall–Kier alpha value is -0.0831. The van der Waals surface area contributed by atoms with Crippen molar-refractivity contribution in [3.05, 3.63) is 12.2 Å². The summed E-state index contributed by atoms with van der Waals surface area (Å²) in [5.41, 5.74) is 0.525. The van der Waals surface area contributed by atoms with Gasteiger partial charge in [0.15, 0.2) is 0 Å². The van der Waals surface area contributed by atoms with Crippen LogP contribution >= 0.6 is 0 Å². The Labute approximate surface area is 71.4 Å². The van der Waals surface area contributed by atoms with Crippen LogP contribution in [0, 0.1) is 11.3 Å². The van der Waals surface area contributed by atoms with E-state index in [-0.39, 0.29) is 0 Å². The molecule has 2 bridgehead atoms. The van der Waals surface area contributed by atoms with Gasteiger partial charge in [0, 0.05) is 6.61 Å². The largest absolute Gasteiger partial charge is 0.419 e. The third kappa shape index (κ3) is 1.29. The van der Waals surface area contributed by atoms with Crippen LogP contribution in [0.2, 0.25) is 0 Å². The highest BCUT2D eigenvalue weighted by atomic mass is 28.2. The monoisotopic (exact) mass is 165 g/mol. The maximum absolute atomic E-state index is 4.92. The molecule has 0 aliphatic heterocycles. The zero-order chi connectivity index (χ0) is 7.73. The highest BCUT2D eigenvalue weighted by Crippen LogP contribution is 2.51. The second kappa shape index (κ2) is 2.76. The molecule has 2 rings (SSSR count). The van der Waals surface area contributed by atoms with Crippen LogP contribution in [0.3, 0.4) is 0 Å². The summed E-state index contributed by atoms with van der Waals surface area (Å²) in [6.07, 6.45) is 10.1. The number of rotatable bonds is 3. The fourth-order valence-corrected chi connectivity index (χ4v) is 2.52. The summed E-state index contributed by atoms with van der Waals surface area (Å²) in [6.45, 7) is 0.841. The van der Waals surface area contributed by atoms with E-state index in [1.54, 1.807) is 0 Å². The van der Waals surface area contributed by atoms with Crippen LogP contribution in [0.4, 0.5) is 0 Å². The van der Waals surface area contributed by atoms with Gasteiger partial charge in [-0.05, 0) is 37.0 Å². The molecule has 0 aromatic rings. The van der Waals surface area contributed by atoms with Gasteiger partial charge in [-0.25, -0.2) is 0 Å². The molecule has 2 aliphatic carbocycles. The van der Waals surface area contributed by atoms with E-state index in [0.717, 1.165) is 12.5 Å². The maximum atomic E-state index is 4.92. The first-order chi connectivity index (χ1) is 5.35. The molecule has 0 aromatic carbocycles. The molecule has 0 aromatic heterocycles. The summed E-state index contributed by atoms with van der Waals surface area (Å²) >= 11 is 0. The van der Waals surface area contributed by atoms with Gasteiger partial charge < -0.3 is 4.43 Å². The van der Waals surface area contributed by atoms with Gasteiger partial charge in [0.1, 0.15) is 0 Å². The summed E-state index contributed by atoms with van der Waals surface area (Å²) in [6, 6.07) is 0. The van der Waals surface area contributed by atoms with Crippen molar-refractivity contribution >= 4 is 10.5 Å². The normalized spacial score (nSPS) is 40.3. The van der Waals surface area contributed by atoms with Gasteiger partial charge in [0.05, 0.1) is 0 Å². The number of hydrogen-bond donors (Lipinski definition) is 0. The van der Waals surface area contributed by atoms with E-state index < -0.39 is 0 Å². The average molecular weight is 165 g/mol. The van der Waals surface area contributed by atoms with Gasteiger partial charge in [-0.1, -0.05) is 12.2 Å². The van der Waals surface area contributed by atoms with Crippen molar-refractivity contribution in [2.24, 2.45) is 11.3 Å². The van der Waals surface area contributed by atoms with Crippen LogP contribution in [0.1, 0.15) is 25.7 Å². The summed E-state index contributed by atoms with van der Waals surface area (Å²) < 4.78 is 4.92. The first-order valence-corrected chi connectivity index (χ1v) is 4.73. The van der Waals surface area contributed by atoms with Gasteiger partial charge in [-0.2, -0.15) is 0 Å². The van der Waals surface area contributed by atoms with E-state index in [1.807, 2.05) is 0 Å². The van der Waals surface area contributed by atoms with Gasteiger partial charge in [-0.3, -0.25) is 0 Å². The van der Waals surface area contributed by atoms with Gasteiger partial charge in [0.2, 0.25) is 10.5 Å². The van der Waals surface area contributed by atoms with E-state index in [2.05, 4.69) is 22.6 Å². The Morgan fingerprint density at radius 1 is 1.64 bits per heavy atom. The van der Waals surface area contributed by atoms with E-state index >= 15 is 0 Å². The molecule has 2 heteroatoms. The van der Waals surface area contributed by atoms with Crippen LogP contribution in [0.5, 0.6) is 0 Å². The van der Waals surface area contributed by atoms with Crippen LogP contribution in [0.25, 0.3) is 0 Å². The molecule has 11 heavy (non-hydrogen) atoms. The number of fused-ring (bicyclic) bond motifs is 2. The predicted molar refractivity (Wildman–Crippen MR) is 45.2 cm³/mol. The lowest BCUT2D eigenvalue weighted by Gasteiger charge is -2.22. The standard InChI is InChI=1S/C9H13OSi/c11-10-6-5-9-3-1-8(7-9)2-4-9/h1,3,8H,2,4-7H2. The fraction of sp³-hybridized carbons (Fsp3) is 0.778. The molecule has 0 spiro atoms. The van der Waals surface area contributed by atoms with E-state index in [0.29, 0.717) is 5.41 Å². The quantitative estimate of drug-likeness (QED) is 0.458. The van der Waals surface area contributed by atoms with Crippen molar-refractivity contribution in [3.8, 4) is 0 Å². The third-order valence-corrected chi connectivity index (χ3v) is 3.31. The van der Waals surface area contributed by atoms with Crippen molar-refractivity contribution in [3.63, 3.8) is 0 Å². The van der Waals surface area contributed by atoms with Crippen LogP contribution < -0.4 is 0 Å². The second-order valence-corrected chi connectivity index (χ2v) is 4.11. The molecular formula is C9H13OSi. The topological polar surface area (TPSA) is 9.23 Å². The Kier molecular flexibility index (Phi) is 1.89. The molecule has 1 fully saturated rings. The Morgan fingerprint density at radius 3 is 3.00 bits per heavy atom. The van der Waals surface area contributed by atoms with E-state index in [1.165, 1.54) is 25.7 Å². The van der Waals surface area contributed by atoms with Crippen molar-refractivity contribution in [2.75, 3.05) is 6.61 Å². The summed E-state index contributed by atoms with van der Waals surface area (Å²) in [5, 5.41) is 0. The lowest BCUT2D eigenvalue weighted by Crippen LogP contribution is -2.14. The zero-order valence-corrected chi connectivity index (χ0v) is 7.68. The summed E-state index contributed by atoms with van der Waals surface area (Å²) in [5.74, 6) is 0.893. The SMILES string of the molecule is [Si]OCCC12C=CC(CC1)C2. The van der Waals surface area contributed by atoms with Crippen LogP contribution in [0.15, 0.2) is 12.2 Å². The fourth-order valence-electron chi connectivity index (χ4n) is 2.42. The minimum atomic E-state index is 0.525. The minimum absolute atomic E-state index is 0.525. The Morgan fingerprint density at radius 2 is 2.55 bits per heavy atom. The highest BCUT2D eigenvalue weighted by Gasteiger charge is 2.39. The molecule has 2 unspecified atom stereocenters. The zero-order valence-electron chi connectivity index (χ0n) is 6.68. The van der Waals surface area contributed by atoms with E-state index in [4.69, 9.17) is 4.43 Å². The highest BCUT2D eigenvalue weighted by molar-refractivity contribution is 5.97. The molecule has 59 valence electrons. The van der Waals surface area contributed by atoms with E-state index in [9.17, 15) is 0 Å². The van der Waals surface area contributed by atoms with Crippen LogP contribution in [-0.4, -0.2) is 17.1 Å². The molecule has 0 amide bonds. The average Bonchev–Trinajstić information content (AvgIpc) is 2.60. The minimum Gasteiger partial charge on any atom is -0.419 e. The number of allylic oxidation sites excluding steroid dienone is 2. The van der Waals surface area contributed by atoms with Gasteiger partial charge in [-0.15, -0.1) is 0 Å². The summed E-state index contributed by atoms with van der Waals surface area (Å²) in [4.78, 5) is 0. The molecule has 1 saturated carbocycles. The first-order valence-electron chi connectivity index (χ1n) is 4.33. The predicted octanol–water partition coefficient (Wildman–Crippen LogP) is 1.83. The van der Waals surface area contributed by atoms with Crippen molar-refractivity contribution in [1.82, 2.24) is 0 Å². The molecule has 2 atom stereocenters. The second-order valence-electron chi connectivity index (χ2n) is 3.82. The van der Waals surface area contributed by atoms with Crippen molar-refractivity contribution in [2.45, 2.75) is 25.7 Å². The molecule has 2 aliphatic rings. The maximum Gasteiger partial charge on any atom is 0.246 e. The molecule has 1 nitrogen and oxygen atoms in total. The van der Waals surface area contributed by atoms with Crippen molar-refractivity contribution < 1.29 is 4.43 Å². The summed E-state index contributed by atoms with van der Waals surface area (Å²) in [7, 11) is 3.04. The van der Waals surface area contributed by atoms with Gasteiger partial charge >= 0.3 is 0 Å². The smallest absolute Gasteiger partial charge is 0.246 e. The first kappa shape index (κ1) is 7.56. The molecule has 0 saturated heterocycles. The third-order valence-electron chi connectivity index (χ3n) is 3.11. The lowest BCUT2D eigenvalue weighted by atomic mass is 9.85. The number of hydrogen-bond acceptors (Lipinski definition) is 1. The lowest BCUT2D eigenvalue weighted by molar-refractivity contribution is 0.257. The van der Waals surface area contributed by atoms with Gasteiger partial charge in [0.25, 0.3) is 0 Å². The van der Waals surface area contributed by atoms with Crippen molar-refractivity contribution in [1.29, 1.82) is 0 Å². The molecule has 0 heterocycles.